The minimum Gasteiger partial charge on any atom is -0.506 e. The van der Waals surface area contributed by atoms with Gasteiger partial charge in [-0.2, -0.15) is 0 Å². The molecule has 0 bridgehead atoms. The lowest BCUT2D eigenvalue weighted by molar-refractivity contribution is -0.122. The van der Waals surface area contributed by atoms with Gasteiger partial charge >= 0.3 is 0 Å². The summed E-state index contributed by atoms with van der Waals surface area (Å²) in [5.74, 6) is 0.0809. The zero-order valence-corrected chi connectivity index (χ0v) is 13.6. The van der Waals surface area contributed by atoms with Crippen LogP contribution in [0.2, 0.25) is 10.0 Å². The lowest BCUT2D eigenvalue weighted by atomic mass is 10.2. The summed E-state index contributed by atoms with van der Waals surface area (Å²) in [6.07, 6.45) is -0.751. The fraction of sp³-hybridized carbons (Fsp3) is 0.188. The van der Waals surface area contributed by atoms with Gasteiger partial charge in [0.2, 0.25) is 0 Å². The van der Waals surface area contributed by atoms with E-state index in [0.717, 1.165) is 5.56 Å². The second-order valence-corrected chi connectivity index (χ2v) is 5.67. The van der Waals surface area contributed by atoms with Crippen molar-refractivity contribution in [2.45, 2.75) is 20.0 Å². The minimum atomic E-state index is -0.751. The lowest BCUT2D eigenvalue weighted by Gasteiger charge is -2.16. The number of phenolic OH excluding ortho intramolecular Hbond substituents is 1. The predicted octanol–water partition coefficient (Wildman–Crippen LogP) is 4.41. The summed E-state index contributed by atoms with van der Waals surface area (Å²) in [5.41, 5.74) is 1.10. The Bertz CT molecular complexity index is 704. The van der Waals surface area contributed by atoms with Crippen LogP contribution in [0.3, 0.4) is 0 Å². The van der Waals surface area contributed by atoms with Crippen LogP contribution in [0.25, 0.3) is 0 Å². The van der Waals surface area contributed by atoms with Crippen LogP contribution in [0.15, 0.2) is 36.4 Å². The molecule has 2 aromatic carbocycles. The number of carbonyl (C=O) groups is 1. The summed E-state index contributed by atoms with van der Waals surface area (Å²) in [7, 11) is 0. The molecule has 1 amide bonds. The number of halogens is 2. The van der Waals surface area contributed by atoms with E-state index < -0.39 is 12.0 Å². The average Bonchev–Trinajstić information content (AvgIpc) is 2.46. The van der Waals surface area contributed by atoms with Gasteiger partial charge in [0.25, 0.3) is 5.91 Å². The Morgan fingerprint density at radius 3 is 2.64 bits per heavy atom. The number of aryl methyl sites for hydroxylation is 1. The van der Waals surface area contributed by atoms with Gasteiger partial charge in [-0.3, -0.25) is 4.79 Å². The van der Waals surface area contributed by atoms with Crippen molar-refractivity contribution >= 4 is 34.8 Å². The molecule has 22 heavy (non-hydrogen) atoms. The molecule has 0 heterocycles. The Morgan fingerprint density at radius 1 is 1.23 bits per heavy atom. The van der Waals surface area contributed by atoms with Crippen molar-refractivity contribution in [3.63, 3.8) is 0 Å². The normalized spacial score (nSPS) is 11.8. The standard InChI is InChI=1S/C16H15Cl2NO3/c1-9-7-12(4-5-13(9)18)22-10(2)16(21)19-14-8-11(17)3-6-15(14)20/h3-8,10,20H,1-2H3,(H,19,21). The van der Waals surface area contributed by atoms with Crippen LogP contribution >= 0.6 is 23.2 Å². The van der Waals surface area contributed by atoms with Gasteiger partial charge in [0.15, 0.2) is 6.10 Å². The highest BCUT2D eigenvalue weighted by Gasteiger charge is 2.17. The fourth-order valence-electron chi connectivity index (χ4n) is 1.79. The predicted molar refractivity (Wildman–Crippen MR) is 88.0 cm³/mol. The smallest absolute Gasteiger partial charge is 0.265 e. The lowest BCUT2D eigenvalue weighted by Crippen LogP contribution is -2.30. The van der Waals surface area contributed by atoms with Crippen LogP contribution in [0.1, 0.15) is 12.5 Å². The number of carbonyl (C=O) groups excluding carboxylic acids is 1. The number of anilines is 1. The summed E-state index contributed by atoms with van der Waals surface area (Å²) in [6.45, 7) is 3.46. The molecule has 0 radical (unpaired) electrons. The van der Waals surface area contributed by atoms with E-state index in [1.165, 1.54) is 18.2 Å². The van der Waals surface area contributed by atoms with Gasteiger partial charge in [0.1, 0.15) is 11.5 Å². The van der Waals surface area contributed by atoms with Crippen LogP contribution in [0, 0.1) is 6.92 Å². The highest BCUT2D eigenvalue weighted by Crippen LogP contribution is 2.27. The molecule has 4 nitrogen and oxygen atoms in total. The van der Waals surface area contributed by atoms with Crippen molar-refractivity contribution in [3.05, 3.63) is 52.0 Å². The van der Waals surface area contributed by atoms with Gasteiger partial charge in [0.05, 0.1) is 5.69 Å². The topological polar surface area (TPSA) is 58.6 Å². The first kappa shape index (κ1) is 16.5. The molecule has 1 unspecified atom stereocenters. The Morgan fingerprint density at radius 2 is 1.95 bits per heavy atom. The number of hydrogen-bond acceptors (Lipinski definition) is 3. The zero-order chi connectivity index (χ0) is 16.3. The quantitative estimate of drug-likeness (QED) is 0.811. The molecule has 0 aliphatic carbocycles. The van der Waals surface area contributed by atoms with E-state index in [-0.39, 0.29) is 11.4 Å². The summed E-state index contributed by atoms with van der Waals surface area (Å²) < 4.78 is 5.57. The van der Waals surface area contributed by atoms with E-state index in [4.69, 9.17) is 27.9 Å². The van der Waals surface area contributed by atoms with Gasteiger partial charge in [-0.25, -0.2) is 0 Å². The first-order valence-corrected chi connectivity index (χ1v) is 7.34. The molecule has 2 aromatic rings. The van der Waals surface area contributed by atoms with Crippen LogP contribution in [-0.4, -0.2) is 17.1 Å². The Balaban J connectivity index is 2.05. The summed E-state index contributed by atoms with van der Waals surface area (Å²) in [4.78, 5) is 12.1. The van der Waals surface area contributed by atoms with E-state index in [1.54, 1.807) is 25.1 Å². The number of amides is 1. The van der Waals surface area contributed by atoms with Crippen LogP contribution in [-0.2, 0) is 4.79 Å². The monoisotopic (exact) mass is 339 g/mol. The van der Waals surface area contributed by atoms with Crippen molar-refractivity contribution in [2.24, 2.45) is 0 Å². The summed E-state index contributed by atoms with van der Waals surface area (Å²) >= 11 is 11.8. The third-order valence-corrected chi connectivity index (χ3v) is 3.69. The summed E-state index contributed by atoms with van der Waals surface area (Å²) in [5, 5.41) is 13.3. The Kier molecular flexibility index (Phi) is 5.16. The maximum Gasteiger partial charge on any atom is 0.265 e. The number of hydrogen-bond donors (Lipinski definition) is 2. The molecule has 0 aromatic heterocycles. The van der Waals surface area contributed by atoms with E-state index in [2.05, 4.69) is 5.32 Å². The SMILES string of the molecule is Cc1cc(OC(C)C(=O)Nc2cc(Cl)ccc2O)ccc1Cl. The third kappa shape index (κ3) is 4.06. The molecule has 2 rings (SSSR count). The van der Waals surface area contributed by atoms with Crippen LogP contribution in [0.4, 0.5) is 5.69 Å². The Hall–Kier alpha value is -1.91. The van der Waals surface area contributed by atoms with Crippen molar-refractivity contribution in [1.29, 1.82) is 0 Å². The van der Waals surface area contributed by atoms with Crippen molar-refractivity contribution in [3.8, 4) is 11.5 Å². The van der Waals surface area contributed by atoms with Crippen molar-refractivity contribution in [1.82, 2.24) is 0 Å². The number of phenols is 1. The number of nitrogens with one attached hydrogen (secondary N) is 1. The van der Waals surface area contributed by atoms with Gasteiger partial charge < -0.3 is 15.2 Å². The van der Waals surface area contributed by atoms with Crippen molar-refractivity contribution in [2.75, 3.05) is 5.32 Å². The first-order valence-electron chi connectivity index (χ1n) is 6.59. The summed E-state index contributed by atoms with van der Waals surface area (Å²) in [6, 6.07) is 9.56. The van der Waals surface area contributed by atoms with Gasteiger partial charge in [-0.15, -0.1) is 0 Å². The van der Waals surface area contributed by atoms with Crippen LogP contribution < -0.4 is 10.1 Å². The van der Waals surface area contributed by atoms with Gasteiger partial charge in [0, 0.05) is 10.0 Å². The second-order valence-electron chi connectivity index (χ2n) is 4.82. The Labute approximate surface area is 138 Å². The molecule has 0 aliphatic rings. The van der Waals surface area contributed by atoms with E-state index in [1.807, 2.05) is 6.92 Å². The molecular formula is C16H15Cl2NO3. The van der Waals surface area contributed by atoms with E-state index in [9.17, 15) is 9.90 Å². The molecule has 0 fully saturated rings. The zero-order valence-electron chi connectivity index (χ0n) is 12.1. The van der Waals surface area contributed by atoms with Crippen LogP contribution in [0.5, 0.6) is 11.5 Å². The van der Waals surface area contributed by atoms with E-state index >= 15 is 0 Å². The van der Waals surface area contributed by atoms with E-state index in [0.29, 0.717) is 15.8 Å². The van der Waals surface area contributed by atoms with Gasteiger partial charge in [-0.1, -0.05) is 23.2 Å². The molecule has 1 atom stereocenters. The highest BCUT2D eigenvalue weighted by atomic mass is 35.5. The molecule has 0 saturated heterocycles. The maximum atomic E-state index is 12.1. The molecule has 0 spiro atoms. The molecule has 116 valence electrons. The number of rotatable bonds is 4. The molecular weight excluding hydrogens is 325 g/mol. The molecule has 6 heteroatoms. The largest absolute Gasteiger partial charge is 0.506 e. The average molecular weight is 340 g/mol. The fourth-order valence-corrected chi connectivity index (χ4v) is 2.08. The minimum absolute atomic E-state index is 0.0627. The first-order chi connectivity index (χ1) is 10.4. The number of aromatic hydroxyl groups is 1. The third-order valence-electron chi connectivity index (χ3n) is 3.03. The van der Waals surface area contributed by atoms with Crippen molar-refractivity contribution < 1.29 is 14.6 Å². The number of ether oxygens (including phenoxy) is 1. The maximum absolute atomic E-state index is 12.1. The molecule has 0 aliphatic heterocycles. The second kappa shape index (κ2) is 6.90. The molecule has 2 N–H and O–H groups in total. The van der Waals surface area contributed by atoms with Gasteiger partial charge in [-0.05, 0) is 55.8 Å². The number of benzene rings is 2. The highest BCUT2D eigenvalue weighted by molar-refractivity contribution is 6.31. The molecule has 0 saturated carbocycles.